The van der Waals surface area contributed by atoms with E-state index in [9.17, 15) is 68.0 Å². The number of aliphatic hydroxyl groups is 3. The van der Waals surface area contributed by atoms with Crippen molar-refractivity contribution in [3.63, 3.8) is 0 Å². The van der Waals surface area contributed by atoms with Crippen LogP contribution in [0.5, 0.6) is 0 Å². The predicted octanol–water partition coefficient (Wildman–Crippen LogP) is 9.11. The van der Waals surface area contributed by atoms with Crippen LogP contribution >= 0.6 is 0 Å². The Morgan fingerprint density at radius 1 is 0.538 bits per heavy atom. The Morgan fingerprint density at radius 2 is 0.904 bits per heavy atom. The second-order valence-corrected chi connectivity index (χ2v) is 14.8. The van der Waals surface area contributed by atoms with Gasteiger partial charge >= 0.3 is 24.7 Å². The van der Waals surface area contributed by atoms with Gasteiger partial charge in [0.25, 0.3) is 11.2 Å². The molecule has 18 heteroatoms. The number of benzene rings is 2. The molecular weight excluding hydrogens is 732 g/mol. The van der Waals surface area contributed by atoms with E-state index in [0.29, 0.717) is 16.7 Å². The average Bonchev–Trinajstić information content (AvgIpc) is 2.93. The minimum atomic E-state index is -6.26. The molecule has 0 spiro atoms. The van der Waals surface area contributed by atoms with Gasteiger partial charge in [0.2, 0.25) is 0 Å². The maximum Gasteiger partial charge on any atom is 0.428 e. The zero-order valence-corrected chi connectivity index (χ0v) is 29.7. The fourth-order valence-corrected chi connectivity index (χ4v) is 4.92. The van der Waals surface area contributed by atoms with E-state index in [0.717, 1.165) is 33.8 Å². The van der Waals surface area contributed by atoms with Gasteiger partial charge in [-0.05, 0) is 120 Å². The number of fused-ring (bicyclic) bond motifs is 1. The van der Waals surface area contributed by atoms with Crippen LogP contribution in [0.25, 0.3) is 16.3 Å². The summed E-state index contributed by atoms with van der Waals surface area (Å²) in [4.78, 5) is 0. The molecule has 6 nitrogen and oxygen atoms in total. The Hall–Kier alpha value is -2.64. The first-order chi connectivity index (χ1) is 22.7. The molecule has 0 heterocycles. The molecule has 2 aromatic carbocycles. The van der Waals surface area contributed by atoms with Crippen LogP contribution in [-0.4, -0.2) is 76.6 Å². The van der Waals surface area contributed by atoms with Crippen molar-refractivity contribution in [1.82, 2.24) is 0 Å². The molecule has 0 saturated carbocycles. The van der Waals surface area contributed by atoms with Crippen LogP contribution in [0.2, 0.25) is 0 Å². The van der Waals surface area contributed by atoms with E-state index in [-0.39, 0.29) is 28.5 Å². The third-order valence-corrected chi connectivity index (χ3v) is 8.49. The van der Waals surface area contributed by atoms with Crippen molar-refractivity contribution in [3.05, 3.63) is 53.1 Å². The van der Waals surface area contributed by atoms with Crippen molar-refractivity contribution in [1.29, 1.82) is 0 Å². The Labute approximate surface area is 292 Å². The molecule has 52 heavy (non-hydrogen) atoms. The molecule has 0 unspecified atom stereocenters. The Morgan fingerprint density at radius 3 is 1.27 bits per heavy atom. The van der Waals surface area contributed by atoms with Gasteiger partial charge in [-0.2, -0.15) is 52.7 Å². The van der Waals surface area contributed by atoms with E-state index in [1.165, 1.54) is 32.0 Å². The van der Waals surface area contributed by atoms with Gasteiger partial charge in [-0.3, -0.25) is 0 Å². The third-order valence-electron chi connectivity index (χ3n) is 8.49. The summed E-state index contributed by atoms with van der Waals surface area (Å²) in [5, 5.41) is 29.9. The first-order valence-electron chi connectivity index (χ1n) is 15.4. The van der Waals surface area contributed by atoms with Gasteiger partial charge in [0.15, 0.2) is 0 Å². The number of halogens is 12. The predicted molar refractivity (Wildman–Crippen MR) is 166 cm³/mol. The second-order valence-electron chi connectivity index (χ2n) is 14.8. The zero-order valence-electron chi connectivity index (χ0n) is 29.7. The fraction of sp³-hybridized carbons (Fsp3) is 0.647. The summed E-state index contributed by atoms with van der Waals surface area (Å²) in [6, 6.07) is 5.17. The number of rotatable bonds is 13. The topological polar surface area (TPSA) is 88.4 Å². The monoisotopic (exact) mass is 774 g/mol. The van der Waals surface area contributed by atoms with E-state index in [1.807, 2.05) is 0 Å². The molecule has 0 aliphatic heterocycles. The molecule has 0 radical (unpaired) electrons. The maximum atomic E-state index is 13.6. The summed E-state index contributed by atoms with van der Waals surface area (Å²) in [5.41, 5.74) is -17.0. The van der Waals surface area contributed by atoms with Crippen molar-refractivity contribution >= 4 is 16.3 Å². The molecule has 0 aliphatic carbocycles. The minimum Gasteiger partial charge on any atom is -0.388 e. The zero-order chi connectivity index (χ0) is 41.1. The molecular formula is C34H42F12O6. The van der Waals surface area contributed by atoms with Crippen LogP contribution in [0.1, 0.15) is 84.6 Å². The fourth-order valence-electron chi connectivity index (χ4n) is 4.92. The summed E-state index contributed by atoms with van der Waals surface area (Å²) in [5.74, 6) is 0. The van der Waals surface area contributed by atoms with Crippen molar-refractivity contribution < 1.29 is 82.2 Å². The highest BCUT2D eigenvalue weighted by molar-refractivity contribution is 5.91. The number of ether oxygens (including phenoxy) is 3. The number of allylic oxidation sites excluding steroid dienone is 1. The van der Waals surface area contributed by atoms with Crippen molar-refractivity contribution in [2.45, 2.75) is 121 Å². The first-order valence-corrected chi connectivity index (χ1v) is 15.4. The lowest BCUT2D eigenvalue weighted by atomic mass is 9.81. The van der Waals surface area contributed by atoms with E-state index in [2.05, 4.69) is 6.58 Å². The van der Waals surface area contributed by atoms with Gasteiger partial charge < -0.3 is 29.5 Å². The minimum absolute atomic E-state index is 0.0640. The normalized spacial score (nSPS) is 15.1. The third kappa shape index (κ3) is 9.35. The van der Waals surface area contributed by atoms with Crippen LogP contribution in [-0.2, 0) is 31.0 Å². The van der Waals surface area contributed by atoms with Crippen molar-refractivity contribution in [2.75, 3.05) is 19.8 Å². The van der Waals surface area contributed by atoms with Gasteiger partial charge in [-0.1, -0.05) is 12.2 Å². The highest BCUT2D eigenvalue weighted by Gasteiger charge is 2.72. The largest absolute Gasteiger partial charge is 0.428 e. The molecule has 2 rings (SSSR count). The van der Waals surface area contributed by atoms with Crippen LogP contribution in [0.4, 0.5) is 52.7 Å². The van der Waals surface area contributed by atoms with Gasteiger partial charge in [0, 0.05) is 0 Å². The second kappa shape index (κ2) is 13.9. The van der Waals surface area contributed by atoms with Crippen LogP contribution in [0, 0.1) is 0 Å². The molecule has 0 saturated heterocycles. The Kier molecular flexibility index (Phi) is 12.2. The lowest BCUT2D eigenvalue weighted by Crippen LogP contribution is -2.60. The molecule has 0 aliphatic rings. The standard InChI is InChI=1S/C34H42F12O6/c1-18(2)21-12-19-11-20(26(5,6)51-16-29(48,31(35,36)37)32(38,39)40)13-23(22(19)14-24(21)28(9,10)50-15-25(3,4)47)27(7,8)52-17-30(49,33(41,42)43)34(44,45)46/h11-14,47-49H,1,15-17H2,2-10H3. The lowest BCUT2D eigenvalue weighted by molar-refractivity contribution is -0.383. The van der Waals surface area contributed by atoms with Crippen molar-refractivity contribution in [2.24, 2.45) is 0 Å². The van der Waals surface area contributed by atoms with Crippen LogP contribution < -0.4 is 0 Å². The Bertz CT molecular complexity index is 1580. The molecule has 0 atom stereocenters. The number of hydrogen-bond donors (Lipinski definition) is 3. The molecule has 0 amide bonds. The highest BCUT2D eigenvalue weighted by Crippen LogP contribution is 2.48. The maximum absolute atomic E-state index is 13.6. The molecule has 0 bridgehead atoms. The quantitative estimate of drug-likeness (QED) is 0.176. The van der Waals surface area contributed by atoms with E-state index < -0.39 is 71.5 Å². The van der Waals surface area contributed by atoms with Gasteiger partial charge in [0.1, 0.15) is 0 Å². The van der Waals surface area contributed by atoms with E-state index in [4.69, 9.17) is 14.2 Å². The number of hydrogen-bond acceptors (Lipinski definition) is 6. The molecule has 298 valence electrons. The summed E-state index contributed by atoms with van der Waals surface area (Å²) in [7, 11) is 0. The van der Waals surface area contributed by atoms with Crippen LogP contribution in [0.15, 0.2) is 30.8 Å². The van der Waals surface area contributed by atoms with Gasteiger partial charge in [0.05, 0.1) is 42.2 Å². The SMILES string of the molecule is C=C(C)c1cc2cc(C(C)(C)OCC(O)(C(F)(F)F)C(F)(F)F)cc(C(C)(C)OCC(O)(C(F)(F)F)C(F)(F)F)c2cc1C(C)(C)OCC(C)(C)O. The number of alkyl halides is 12. The molecule has 2 aromatic rings. The van der Waals surface area contributed by atoms with Crippen LogP contribution in [0.3, 0.4) is 0 Å². The lowest BCUT2D eigenvalue weighted by Gasteiger charge is -2.38. The Balaban J connectivity index is 2.98. The molecule has 0 aromatic heterocycles. The van der Waals surface area contributed by atoms with Crippen molar-refractivity contribution in [3.8, 4) is 0 Å². The summed E-state index contributed by atoms with van der Waals surface area (Å²) < 4.78 is 178. The van der Waals surface area contributed by atoms with E-state index in [1.54, 1.807) is 20.8 Å². The summed E-state index contributed by atoms with van der Waals surface area (Å²) in [6.07, 6.45) is -25.0. The molecule has 3 N–H and O–H groups in total. The van der Waals surface area contributed by atoms with E-state index >= 15 is 0 Å². The van der Waals surface area contributed by atoms with Gasteiger partial charge in [-0.25, -0.2) is 0 Å². The average molecular weight is 775 g/mol. The summed E-state index contributed by atoms with van der Waals surface area (Å²) in [6.45, 7) is 10.8. The molecule has 0 fully saturated rings. The summed E-state index contributed by atoms with van der Waals surface area (Å²) >= 11 is 0. The van der Waals surface area contributed by atoms with Gasteiger partial charge in [-0.15, -0.1) is 0 Å². The highest BCUT2D eigenvalue weighted by atomic mass is 19.4. The first kappa shape index (κ1) is 45.5. The smallest absolute Gasteiger partial charge is 0.388 e.